The minimum atomic E-state index is -1.37. The molecule has 232 valence electrons. The predicted octanol–water partition coefficient (Wildman–Crippen LogP) is 0.762. The minimum absolute atomic E-state index is 0.0423. The highest BCUT2D eigenvalue weighted by Gasteiger charge is 2.38. The summed E-state index contributed by atoms with van der Waals surface area (Å²) in [6.45, 7) is 6.71. The number of nitrogens with two attached hydrogens (primary N) is 1. The van der Waals surface area contributed by atoms with Gasteiger partial charge in [0, 0.05) is 49.6 Å². The van der Waals surface area contributed by atoms with Gasteiger partial charge < -0.3 is 42.1 Å². The fourth-order valence-electron chi connectivity index (χ4n) is 6.68. The Labute approximate surface area is 240 Å². The first kappa shape index (κ1) is 33.3. The monoisotopic (exact) mass is 568 g/mol. The number of aliphatic hydroxyl groups excluding tert-OH is 2. The van der Waals surface area contributed by atoms with Gasteiger partial charge in [-0.2, -0.15) is 0 Å². The Bertz CT molecular complexity index is 797. The van der Waals surface area contributed by atoms with E-state index in [0.717, 1.165) is 71.1 Å². The molecule has 0 amide bonds. The summed E-state index contributed by atoms with van der Waals surface area (Å²) in [5.41, 5.74) is 4.43. The van der Waals surface area contributed by atoms with Crippen LogP contribution in [0.4, 0.5) is 0 Å². The molecule has 40 heavy (non-hydrogen) atoms. The van der Waals surface area contributed by atoms with Crippen LogP contribution in [0.25, 0.3) is 0 Å². The molecule has 9 N–H and O–H groups in total. The maximum atomic E-state index is 11.5. The number of hydrogen-bond acceptors (Lipinski definition) is 10. The first-order valence-corrected chi connectivity index (χ1v) is 15.5. The Morgan fingerprint density at radius 3 is 2.75 bits per heavy atom. The molecule has 3 aliphatic heterocycles. The predicted molar refractivity (Wildman–Crippen MR) is 157 cm³/mol. The van der Waals surface area contributed by atoms with Gasteiger partial charge in [-0.15, -0.1) is 0 Å². The molecule has 8 atom stereocenters. The van der Waals surface area contributed by atoms with E-state index >= 15 is 0 Å². The van der Waals surface area contributed by atoms with Crippen LogP contribution < -0.4 is 21.7 Å². The van der Waals surface area contributed by atoms with Crippen molar-refractivity contribution in [2.45, 2.75) is 132 Å². The average Bonchev–Trinajstić information content (AvgIpc) is 3.43. The second-order valence-corrected chi connectivity index (χ2v) is 13.0. The number of carbonyl (C=O) groups is 1. The van der Waals surface area contributed by atoms with E-state index in [1.807, 2.05) is 6.21 Å². The molecule has 8 unspecified atom stereocenters. The highest BCUT2D eigenvalue weighted by atomic mass is 16.4. The van der Waals surface area contributed by atoms with E-state index in [1.165, 1.54) is 0 Å². The normalized spacial score (nSPS) is 33.6. The molecule has 3 rings (SSSR count). The highest BCUT2D eigenvalue weighted by Crippen LogP contribution is 2.27. The highest BCUT2D eigenvalue weighted by molar-refractivity contribution is 5.68. The second-order valence-electron chi connectivity index (χ2n) is 13.0. The molecule has 11 nitrogen and oxygen atoms in total. The molecule has 0 bridgehead atoms. The number of nitrogens with zero attached hydrogens (tertiary/aromatic N) is 2. The van der Waals surface area contributed by atoms with Crippen LogP contribution in [0, 0.1) is 5.92 Å². The maximum Gasteiger partial charge on any atom is 0.306 e. The van der Waals surface area contributed by atoms with Crippen molar-refractivity contribution in [3.63, 3.8) is 0 Å². The fraction of sp³-hybridized carbons (Fsp3) is 0.931. The number of carboxylic acids is 1. The van der Waals surface area contributed by atoms with E-state index in [4.69, 9.17) is 5.73 Å². The number of unbranched alkanes of at least 4 members (excludes halogenated alkanes) is 3. The van der Waals surface area contributed by atoms with Gasteiger partial charge in [0.1, 0.15) is 0 Å². The van der Waals surface area contributed by atoms with Crippen molar-refractivity contribution in [1.29, 1.82) is 0 Å². The summed E-state index contributed by atoms with van der Waals surface area (Å²) in [5, 5.41) is 51.3. The molecule has 0 aromatic rings. The van der Waals surface area contributed by atoms with Crippen molar-refractivity contribution in [3.8, 4) is 0 Å². The molecule has 0 aromatic heterocycles. The summed E-state index contributed by atoms with van der Waals surface area (Å²) in [6, 6.07) is 0.763. The number of nitrogens with one attached hydrogen (secondary N) is 3. The SMILES string of the molecule is CC1NC(CCCCCCC(CO)CCC(O)(CNC2(C)CCNC(N)C2)CC(=O)O)C(N2CC=NC2)CC1O. The van der Waals surface area contributed by atoms with Gasteiger partial charge in [0.15, 0.2) is 0 Å². The van der Waals surface area contributed by atoms with Gasteiger partial charge in [-0.1, -0.05) is 25.7 Å². The Morgan fingerprint density at radius 1 is 1.30 bits per heavy atom. The topological polar surface area (TPSA) is 176 Å². The molecule has 0 spiro atoms. The number of aliphatic carboxylic acids is 1. The lowest BCUT2D eigenvalue weighted by Crippen LogP contribution is -2.60. The van der Waals surface area contributed by atoms with Crippen LogP contribution in [0.3, 0.4) is 0 Å². The van der Waals surface area contributed by atoms with E-state index in [9.17, 15) is 25.2 Å². The van der Waals surface area contributed by atoms with Gasteiger partial charge in [0.05, 0.1) is 31.0 Å². The minimum Gasteiger partial charge on any atom is -0.481 e. The number of β-amino-alcohol motifs (C(OH)–C–C–N with tert-alkyl or cyclic N) is 1. The molecule has 3 heterocycles. The Hall–Kier alpha value is -1.18. The Balaban J connectivity index is 1.37. The summed E-state index contributed by atoms with van der Waals surface area (Å²) in [7, 11) is 0. The molecule has 3 aliphatic rings. The maximum absolute atomic E-state index is 11.5. The van der Waals surface area contributed by atoms with E-state index in [2.05, 4.69) is 39.7 Å². The van der Waals surface area contributed by atoms with Gasteiger partial charge >= 0.3 is 5.97 Å². The Kier molecular flexibility index (Phi) is 13.2. The molecule has 0 aliphatic carbocycles. The number of aliphatic imine (C=N–C) groups is 1. The quantitative estimate of drug-likeness (QED) is 0.117. The second kappa shape index (κ2) is 15.9. The fourth-order valence-corrected chi connectivity index (χ4v) is 6.68. The zero-order chi connectivity index (χ0) is 29.2. The van der Waals surface area contributed by atoms with E-state index in [-0.39, 0.29) is 49.3 Å². The molecule has 0 radical (unpaired) electrons. The van der Waals surface area contributed by atoms with Gasteiger partial charge in [-0.05, 0) is 71.3 Å². The van der Waals surface area contributed by atoms with E-state index in [1.54, 1.807) is 0 Å². The third kappa shape index (κ3) is 10.6. The molecule has 0 aromatic carbocycles. The molecule has 2 saturated heterocycles. The van der Waals surface area contributed by atoms with Crippen LogP contribution >= 0.6 is 0 Å². The molecule has 11 heteroatoms. The largest absolute Gasteiger partial charge is 0.481 e. The standard InChI is InChI=1S/C29H56N6O5/c1-21-25(37)15-24(35-14-13-31-20-35)23(34-21)8-6-4-3-5-7-22(18-36)9-10-29(40,17-27(38)39)19-33-28(2)11-12-32-26(30)16-28/h13,21-26,32-34,36-37,40H,3-12,14-20,30H2,1-2H3,(H,38,39). The number of piperidine rings is 2. The van der Waals surface area contributed by atoms with Gasteiger partial charge in [0.2, 0.25) is 0 Å². The summed E-state index contributed by atoms with van der Waals surface area (Å²) in [4.78, 5) is 18.2. The molecule has 0 saturated carbocycles. The van der Waals surface area contributed by atoms with Crippen LogP contribution in [0.1, 0.15) is 90.9 Å². The lowest BCUT2D eigenvalue weighted by atomic mass is 9.84. The van der Waals surface area contributed by atoms with Crippen LogP contribution in [0.2, 0.25) is 0 Å². The summed E-state index contributed by atoms with van der Waals surface area (Å²) in [5.74, 6) is -0.974. The van der Waals surface area contributed by atoms with Gasteiger partial charge in [-0.25, -0.2) is 0 Å². The molecule has 2 fully saturated rings. The molecular weight excluding hydrogens is 512 g/mol. The zero-order valence-corrected chi connectivity index (χ0v) is 24.7. The van der Waals surface area contributed by atoms with E-state index in [0.29, 0.717) is 31.3 Å². The van der Waals surface area contributed by atoms with Crippen LogP contribution in [-0.2, 0) is 4.79 Å². The van der Waals surface area contributed by atoms with Crippen LogP contribution in [-0.4, -0.2) is 112 Å². The number of rotatable bonds is 17. The van der Waals surface area contributed by atoms with Crippen molar-refractivity contribution in [3.05, 3.63) is 0 Å². The summed E-state index contributed by atoms with van der Waals surface area (Å²) in [6.07, 6.45) is 10.7. The number of hydrogen-bond donors (Lipinski definition) is 8. The smallest absolute Gasteiger partial charge is 0.306 e. The van der Waals surface area contributed by atoms with Crippen molar-refractivity contribution >= 4 is 12.2 Å². The summed E-state index contributed by atoms with van der Waals surface area (Å²) < 4.78 is 0. The van der Waals surface area contributed by atoms with Crippen LogP contribution in [0.15, 0.2) is 4.99 Å². The zero-order valence-electron chi connectivity index (χ0n) is 24.7. The first-order chi connectivity index (χ1) is 19.0. The average molecular weight is 569 g/mol. The third-order valence-electron chi connectivity index (χ3n) is 9.41. The third-order valence-corrected chi connectivity index (χ3v) is 9.41. The lowest BCUT2D eigenvalue weighted by Gasteiger charge is -2.43. The lowest BCUT2D eigenvalue weighted by molar-refractivity contribution is -0.143. The van der Waals surface area contributed by atoms with Crippen molar-refractivity contribution in [2.75, 3.05) is 32.9 Å². The van der Waals surface area contributed by atoms with Gasteiger partial charge in [-0.3, -0.25) is 14.7 Å². The first-order valence-electron chi connectivity index (χ1n) is 15.5. The van der Waals surface area contributed by atoms with E-state index < -0.39 is 11.6 Å². The van der Waals surface area contributed by atoms with Gasteiger partial charge in [0.25, 0.3) is 0 Å². The summed E-state index contributed by atoms with van der Waals surface area (Å²) >= 11 is 0. The Morgan fingerprint density at radius 2 is 2.08 bits per heavy atom. The number of aliphatic hydroxyl groups is 3. The molecular formula is C29H56N6O5. The van der Waals surface area contributed by atoms with Crippen molar-refractivity contribution in [1.82, 2.24) is 20.9 Å². The number of carboxylic acid groups (broad SMARTS) is 1. The van der Waals surface area contributed by atoms with Crippen molar-refractivity contribution < 1.29 is 25.2 Å². The van der Waals surface area contributed by atoms with Crippen LogP contribution in [0.5, 0.6) is 0 Å². The van der Waals surface area contributed by atoms with Crippen molar-refractivity contribution in [2.24, 2.45) is 16.6 Å².